The van der Waals surface area contributed by atoms with Crippen molar-refractivity contribution in [2.24, 2.45) is 16.6 Å². The van der Waals surface area contributed by atoms with Crippen molar-refractivity contribution in [3.63, 3.8) is 0 Å². The molecule has 6 nitrogen and oxygen atoms in total. The predicted molar refractivity (Wildman–Crippen MR) is 129 cm³/mol. The molecule has 1 amide bonds. The number of carbonyl (C=O) groups excluding carboxylic acids is 1. The first-order chi connectivity index (χ1) is 15.1. The van der Waals surface area contributed by atoms with Crippen LogP contribution in [0.3, 0.4) is 0 Å². The lowest BCUT2D eigenvalue weighted by Gasteiger charge is -2.32. The molecule has 3 heterocycles. The molecule has 1 aliphatic rings. The lowest BCUT2D eigenvalue weighted by Crippen LogP contribution is -2.41. The van der Waals surface area contributed by atoms with Gasteiger partial charge >= 0.3 is 0 Å². The number of benzene rings is 1. The molecule has 1 fully saturated rings. The minimum atomic E-state index is -0.259. The molecular weight excluding hydrogens is 406 g/mol. The Morgan fingerprint density at radius 3 is 2.84 bits per heavy atom. The SMILES string of the molecule is C=N/C(=C\C=C/C)c1nc(N2CCCC(C(N)=O)C2)c2c(-c3ccccc3)csc2n1. The van der Waals surface area contributed by atoms with Crippen LogP contribution in [0.2, 0.25) is 0 Å². The smallest absolute Gasteiger partial charge is 0.222 e. The van der Waals surface area contributed by atoms with Crippen LogP contribution >= 0.6 is 11.3 Å². The number of fused-ring (bicyclic) bond motifs is 1. The average molecular weight is 432 g/mol. The molecular formula is C24H25N5OS. The Labute approximate surface area is 185 Å². The van der Waals surface area contributed by atoms with Gasteiger partial charge < -0.3 is 10.6 Å². The molecule has 4 rings (SSSR count). The topological polar surface area (TPSA) is 84.5 Å². The second kappa shape index (κ2) is 9.22. The Morgan fingerprint density at radius 2 is 2.13 bits per heavy atom. The first-order valence-corrected chi connectivity index (χ1v) is 11.2. The zero-order valence-electron chi connectivity index (χ0n) is 17.5. The number of nitrogens with two attached hydrogens (primary N) is 1. The summed E-state index contributed by atoms with van der Waals surface area (Å²) in [6.07, 6.45) is 7.37. The van der Waals surface area contributed by atoms with Crippen molar-refractivity contribution in [3.05, 3.63) is 59.8 Å². The highest BCUT2D eigenvalue weighted by Gasteiger charge is 2.28. The molecule has 1 aliphatic heterocycles. The number of thiophene rings is 1. The van der Waals surface area contributed by atoms with Crippen LogP contribution in [0.1, 0.15) is 25.6 Å². The minimum absolute atomic E-state index is 0.184. The largest absolute Gasteiger partial charge is 0.369 e. The molecule has 1 atom stereocenters. The maximum absolute atomic E-state index is 11.9. The van der Waals surface area contributed by atoms with Gasteiger partial charge in [0.25, 0.3) is 0 Å². The van der Waals surface area contributed by atoms with Crippen LogP contribution in [0.25, 0.3) is 27.0 Å². The summed E-state index contributed by atoms with van der Waals surface area (Å²) < 4.78 is 0. The minimum Gasteiger partial charge on any atom is -0.369 e. The Kier molecular flexibility index (Phi) is 6.23. The van der Waals surface area contributed by atoms with Gasteiger partial charge in [-0.05, 0) is 38.1 Å². The lowest BCUT2D eigenvalue weighted by molar-refractivity contribution is -0.122. The fraction of sp³-hybridized carbons (Fsp3) is 0.250. The number of amides is 1. The number of carbonyl (C=O) groups is 1. The van der Waals surface area contributed by atoms with Crippen LogP contribution in [-0.2, 0) is 4.79 Å². The first kappa shape index (κ1) is 20.9. The number of anilines is 1. The molecule has 1 unspecified atom stereocenters. The molecule has 31 heavy (non-hydrogen) atoms. The second-order valence-corrected chi connectivity index (χ2v) is 8.35. The van der Waals surface area contributed by atoms with E-state index in [4.69, 9.17) is 15.7 Å². The summed E-state index contributed by atoms with van der Waals surface area (Å²) in [5.74, 6) is 0.904. The number of allylic oxidation sites excluding steroid dienone is 3. The standard InChI is InChI=1S/C24H25N5OS/c1-3-4-12-19(26-2)22-27-23(29-13-8-11-17(14-29)21(25)30)20-18(15-31-24(20)28-22)16-9-6-5-7-10-16/h3-7,9-10,12,15,17H,2,8,11,13-14H2,1H3,(H2,25,30)/b4-3-,19-12-. The van der Waals surface area contributed by atoms with Gasteiger partial charge in [0.2, 0.25) is 5.91 Å². The van der Waals surface area contributed by atoms with Crippen LogP contribution in [0.5, 0.6) is 0 Å². The number of hydrogen-bond acceptors (Lipinski definition) is 6. The van der Waals surface area contributed by atoms with Gasteiger partial charge in [-0.15, -0.1) is 11.3 Å². The molecule has 2 N–H and O–H groups in total. The maximum Gasteiger partial charge on any atom is 0.222 e. The van der Waals surface area contributed by atoms with Crippen LogP contribution < -0.4 is 10.6 Å². The molecule has 0 radical (unpaired) electrons. The number of piperidine rings is 1. The number of aliphatic imine (C=N–C) groups is 1. The van der Waals surface area contributed by atoms with Gasteiger partial charge in [0.1, 0.15) is 16.3 Å². The van der Waals surface area contributed by atoms with Crippen LogP contribution in [-0.4, -0.2) is 35.7 Å². The van der Waals surface area contributed by atoms with Gasteiger partial charge in [0.05, 0.1) is 11.3 Å². The Bertz CT molecular complexity index is 1170. The Morgan fingerprint density at radius 1 is 1.32 bits per heavy atom. The third-order valence-electron chi connectivity index (χ3n) is 5.47. The fourth-order valence-electron chi connectivity index (χ4n) is 3.88. The van der Waals surface area contributed by atoms with Crippen molar-refractivity contribution in [2.75, 3.05) is 18.0 Å². The lowest BCUT2D eigenvalue weighted by atomic mass is 9.97. The van der Waals surface area contributed by atoms with Gasteiger partial charge in [0, 0.05) is 24.0 Å². The van der Waals surface area contributed by atoms with Crippen molar-refractivity contribution < 1.29 is 4.79 Å². The van der Waals surface area contributed by atoms with Crippen LogP contribution in [0.15, 0.2) is 58.9 Å². The summed E-state index contributed by atoms with van der Waals surface area (Å²) in [7, 11) is 0. The van der Waals surface area contributed by atoms with Crippen LogP contribution in [0, 0.1) is 5.92 Å². The fourth-order valence-corrected chi connectivity index (χ4v) is 4.83. The van der Waals surface area contributed by atoms with E-state index in [1.54, 1.807) is 11.3 Å². The van der Waals surface area contributed by atoms with E-state index in [9.17, 15) is 4.79 Å². The number of nitrogens with zero attached hydrogens (tertiary/aromatic N) is 4. The van der Waals surface area contributed by atoms with E-state index in [0.29, 0.717) is 18.1 Å². The van der Waals surface area contributed by atoms with E-state index in [1.165, 1.54) is 0 Å². The van der Waals surface area contributed by atoms with Crippen molar-refractivity contribution in [2.45, 2.75) is 19.8 Å². The van der Waals surface area contributed by atoms with E-state index in [2.05, 4.69) is 34.1 Å². The molecule has 0 spiro atoms. The van der Waals surface area contributed by atoms with Crippen molar-refractivity contribution in [3.8, 4) is 11.1 Å². The van der Waals surface area contributed by atoms with E-state index < -0.39 is 0 Å². The zero-order chi connectivity index (χ0) is 21.8. The zero-order valence-corrected chi connectivity index (χ0v) is 18.3. The Hall–Kier alpha value is -3.32. The summed E-state index contributed by atoms with van der Waals surface area (Å²) in [6.45, 7) is 7.01. The highest BCUT2D eigenvalue weighted by molar-refractivity contribution is 7.17. The quantitative estimate of drug-likeness (QED) is 0.454. The maximum atomic E-state index is 11.9. The normalized spacial score (nSPS) is 17.4. The molecule has 0 bridgehead atoms. The van der Waals surface area contributed by atoms with Gasteiger partial charge in [-0.3, -0.25) is 9.79 Å². The highest BCUT2D eigenvalue weighted by atomic mass is 32.1. The van der Waals surface area contributed by atoms with Crippen molar-refractivity contribution in [1.82, 2.24) is 9.97 Å². The van der Waals surface area contributed by atoms with E-state index in [-0.39, 0.29) is 11.8 Å². The molecule has 1 saturated heterocycles. The molecule has 158 valence electrons. The second-order valence-electron chi connectivity index (χ2n) is 7.49. The summed E-state index contributed by atoms with van der Waals surface area (Å²) in [5.41, 5.74) is 8.45. The third-order valence-corrected chi connectivity index (χ3v) is 6.34. The molecule has 2 aromatic heterocycles. The summed E-state index contributed by atoms with van der Waals surface area (Å²) in [6, 6.07) is 10.2. The molecule has 0 saturated carbocycles. The van der Waals surface area contributed by atoms with Crippen molar-refractivity contribution >= 4 is 45.7 Å². The predicted octanol–water partition coefficient (Wildman–Crippen LogP) is 4.68. The van der Waals surface area contributed by atoms with Crippen molar-refractivity contribution in [1.29, 1.82) is 0 Å². The molecule has 0 aliphatic carbocycles. The molecule has 7 heteroatoms. The first-order valence-electron chi connectivity index (χ1n) is 10.3. The van der Waals surface area contributed by atoms with E-state index >= 15 is 0 Å². The summed E-state index contributed by atoms with van der Waals surface area (Å²) in [5, 5.41) is 3.12. The third kappa shape index (κ3) is 4.27. The van der Waals surface area contributed by atoms with E-state index in [1.807, 2.05) is 43.4 Å². The van der Waals surface area contributed by atoms with Gasteiger partial charge in [-0.1, -0.05) is 42.5 Å². The molecule has 3 aromatic rings. The number of primary amides is 1. The average Bonchev–Trinajstić information content (AvgIpc) is 3.24. The van der Waals surface area contributed by atoms with E-state index in [0.717, 1.165) is 46.5 Å². The monoisotopic (exact) mass is 431 g/mol. The van der Waals surface area contributed by atoms with Gasteiger partial charge in [-0.25, -0.2) is 9.97 Å². The summed E-state index contributed by atoms with van der Waals surface area (Å²) in [4.78, 5) is 28.8. The van der Waals surface area contributed by atoms with Gasteiger partial charge in [0.15, 0.2) is 5.82 Å². The highest BCUT2D eigenvalue weighted by Crippen LogP contribution is 2.40. The molecule has 1 aromatic carbocycles. The Balaban J connectivity index is 1.92. The van der Waals surface area contributed by atoms with Crippen LogP contribution in [0.4, 0.5) is 5.82 Å². The number of rotatable bonds is 6. The van der Waals surface area contributed by atoms with Gasteiger partial charge in [-0.2, -0.15) is 0 Å². The number of hydrogen-bond donors (Lipinski definition) is 1. The summed E-state index contributed by atoms with van der Waals surface area (Å²) >= 11 is 1.58. The number of aromatic nitrogens is 2.